The molecular formula is C9H17NO. The van der Waals surface area contributed by atoms with Crippen molar-refractivity contribution in [2.24, 2.45) is 0 Å². The fourth-order valence-corrected chi connectivity index (χ4v) is 0.853. The van der Waals surface area contributed by atoms with Crippen molar-refractivity contribution in [2.45, 2.75) is 32.3 Å². The van der Waals surface area contributed by atoms with Crippen LogP contribution in [-0.4, -0.2) is 24.3 Å². The monoisotopic (exact) mass is 155 g/mol. The predicted octanol–water partition coefficient (Wildman–Crippen LogP) is 0.760. The van der Waals surface area contributed by atoms with Gasteiger partial charge >= 0.3 is 0 Å². The summed E-state index contributed by atoms with van der Waals surface area (Å²) in [7, 11) is 0. The van der Waals surface area contributed by atoms with Crippen molar-refractivity contribution in [1.82, 2.24) is 5.32 Å². The van der Waals surface area contributed by atoms with Crippen molar-refractivity contribution in [2.75, 3.05) is 13.1 Å². The molecule has 0 heterocycles. The summed E-state index contributed by atoms with van der Waals surface area (Å²) in [5, 5.41) is 12.3. The first-order chi connectivity index (χ1) is 5.31. The van der Waals surface area contributed by atoms with E-state index in [2.05, 4.69) is 11.2 Å². The molecule has 1 unspecified atom stereocenters. The van der Waals surface area contributed by atoms with Gasteiger partial charge in [-0.1, -0.05) is 6.92 Å². The zero-order valence-corrected chi connectivity index (χ0v) is 7.14. The van der Waals surface area contributed by atoms with E-state index in [1.165, 1.54) is 0 Å². The Balaban J connectivity index is 3.10. The third kappa shape index (κ3) is 7.38. The maximum atomic E-state index is 9.28. The van der Waals surface area contributed by atoms with Crippen LogP contribution in [0.5, 0.6) is 0 Å². The second-order valence-electron chi connectivity index (χ2n) is 2.56. The number of hydrogen-bond acceptors (Lipinski definition) is 2. The van der Waals surface area contributed by atoms with Crippen LogP contribution in [-0.2, 0) is 0 Å². The lowest BCUT2D eigenvalue weighted by molar-refractivity contribution is 0.160. The summed E-state index contributed by atoms with van der Waals surface area (Å²) in [6, 6.07) is 0. The van der Waals surface area contributed by atoms with Crippen LogP contribution in [0, 0.1) is 12.3 Å². The Morgan fingerprint density at radius 2 is 2.36 bits per heavy atom. The van der Waals surface area contributed by atoms with Gasteiger partial charge in [0.2, 0.25) is 0 Å². The second-order valence-corrected chi connectivity index (χ2v) is 2.56. The van der Waals surface area contributed by atoms with Gasteiger partial charge in [-0.2, -0.15) is 0 Å². The van der Waals surface area contributed by atoms with Gasteiger partial charge in [0.25, 0.3) is 0 Å². The fourth-order valence-electron chi connectivity index (χ4n) is 0.853. The van der Waals surface area contributed by atoms with Gasteiger partial charge in [-0.15, -0.1) is 12.3 Å². The quantitative estimate of drug-likeness (QED) is 0.438. The maximum absolute atomic E-state index is 9.28. The van der Waals surface area contributed by atoms with E-state index in [1.54, 1.807) is 0 Å². The number of likely N-dealkylation sites (N-methyl/N-ethyl adjacent to an activating group) is 1. The molecule has 0 bridgehead atoms. The highest BCUT2D eigenvalue weighted by Gasteiger charge is 2.00. The van der Waals surface area contributed by atoms with Crippen molar-refractivity contribution in [3.8, 4) is 12.3 Å². The number of hydrogen-bond donors (Lipinski definition) is 2. The van der Waals surface area contributed by atoms with E-state index in [1.807, 2.05) is 6.92 Å². The van der Waals surface area contributed by atoms with Gasteiger partial charge in [0.05, 0.1) is 6.10 Å². The van der Waals surface area contributed by atoms with Crippen molar-refractivity contribution >= 4 is 0 Å². The lowest BCUT2D eigenvalue weighted by Gasteiger charge is -2.08. The van der Waals surface area contributed by atoms with E-state index in [-0.39, 0.29) is 6.10 Å². The number of terminal acetylenes is 1. The molecule has 0 radical (unpaired) electrons. The summed E-state index contributed by atoms with van der Waals surface area (Å²) < 4.78 is 0. The number of nitrogens with one attached hydrogen (secondary N) is 1. The van der Waals surface area contributed by atoms with Gasteiger partial charge in [-0.25, -0.2) is 0 Å². The molecule has 0 fully saturated rings. The SMILES string of the molecule is C#CCCCC(O)CNCC. The molecule has 1 atom stereocenters. The first-order valence-corrected chi connectivity index (χ1v) is 4.13. The largest absolute Gasteiger partial charge is 0.392 e. The Hall–Kier alpha value is -0.520. The van der Waals surface area contributed by atoms with Gasteiger partial charge in [0.1, 0.15) is 0 Å². The molecule has 0 saturated carbocycles. The molecule has 0 aliphatic rings. The topological polar surface area (TPSA) is 32.3 Å². The molecule has 0 spiro atoms. The second kappa shape index (κ2) is 7.59. The molecule has 64 valence electrons. The molecule has 0 aliphatic heterocycles. The molecule has 2 heteroatoms. The van der Waals surface area contributed by atoms with Crippen LogP contribution in [0.25, 0.3) is 0 Å². The van der Waals surface area contributed by atoms with Gasteiger partial charge in [0.15, 0.2) is 0 Å². The van der Waals surface area contributed by atoms with E-state index in [0.29, 0.717) is 6.54 Å². The molecular weight excluding hydrogens is 138 g/mol. The molecule has 0 rings (SSSR count). The normalized spacial score (nSPS) is 12.5. The molecule has 11 heavy (non-hydrogen) atoms. The Labute approximate surface area is 69.0 Å². The molecule has 0 aromatic rings. The van der Waals surface area contributed by atoms with Crippen molar-refractivity contribution in [1.29, 1.82) is 0 Å². The summed E-state index contributed by atoms with van der Waals surface area (Å²) in [6.45, 7) is 3.61. The van der Waals surface area contributed by atoms with Crippen LogP contribution >= 0.6 is 0 Å². The number of rotatable bonds is 6. The average molecular weight is 155 g/mol. The minimum absolute atomic E-state index is 0.233. The fraction of sp³-hybridized carbons (Fsp3) is 0.778. The van der Waals surface area contributed by atoms with Gasteiger partial charge in [-0.3, -0.25) is 0 Å². The molecule has 0 saturated heterocycles. The minimum Gasteiger partial charge on any atom is -0.392 e. The van der Waals surface area contributed by atoms with E-state index in [4.69, 9.17) is 6.42 Å². The Morgan fingerprint density at radius 3 is 2.91 bits per heavy atom. The highest BCUT2D eigenvalue weighted by Crippen LogP contribution is 1.98. The van der Waals surface area contributed by atoms with Crippen molar-refractivity contribution in [3.05, 3.63) is 0 Å². The maximum Gasteiger partial charge on any atom is 0.0664 e. The summed E-state index contributed by atoms with van der Waals surface area (Å²) in [6.07, 6.45) is 7.32. The summed E-state index contributed by atoms with van der Waals surface area (Å²) in [4.78, 5) is 0. The number of aliphatic hydroxyl groups is 1. The highest BCUT2D eigenvalue weighted by molar-refractivity contribution is 4.83. The van der Waals surface area contributed by atoms with Crippen LogP contribution in [0.3, 0.4) is 0 Å². The van der Waals surface area contributed by atoms with Gasteiger partial charge in [-0.05, 0) is 19.4 Å². The molecule has 2 nitrogen and oxygen atoms in total. The van der Waals surface area contributed by atoms with E-state index in [0.717, 1.165) is 25.8 Å². The first-order valence-electron chi connectivity index (χ1n) is 4.13. The van der Waals surface area contributed by atoms with Crippen LogP contribution in [0.15, 0.2) is 0 Å². The summed E-state index contributed by atoms with van der Waals surface area (Å²) >= 11 is 0. The van der Waals surface area contributed by atoms with Crippen molar-refractivity contribution < 1.29 is 5.11 Å². The van der Waals surface area contributed by atoms with E-state index >= 15 is 0 Å². The average Bonchev–Trinajstić information content (AvgIpc) is 2.01. The zero-order valence-electron chi connectivity index (χ0n) is 7.14. The zero-order chi connectivity index (χ0) is 8.53. The predicted molar refractivity (Wildman–Crippen MR) is 47.2 cm³/mol. The van der Waals surface area contributed by atoms with Crippen molar-refractivity contribution in [3.63, 3.8) is 0 Å². The third-order valence-electron chi connectivity index (χ3n) is 1.49. The third-order valence-corrected chi connectivity index (χ3v) is 1.49. The molecule has 0 aromatic heterocycles. The summed E-state index contributed by atoms with van der Waals surface area (Å²) in [5.74, 6) is 2.55. The van der Waals surface area contributed by atoms with Crippen LogP contribution < -0.4 is 5.32 Å². The Morgan fingerprint density at radius 1 is 1.64 bits per heavy atom. The van der Waals surface area contributed by atoms with E-state index < -0.39 is 0 Å². The molecule has 0 aromatic carbocycles. The van der Waals surface area contributed by atoms with Crippen LogP contribution in [0.2, 0.25) is 0 Å². The Bertz CT molecular complexity index is 117. The lowest BCUT2D eigenvalue weighted by Crippen LogP contribution is -2.26. The van der Waals surface area contributed by atoms with E-state index in [9.17, 15) is 5.11 Å². The van der Waals surface area contributed by atoms with Gasteiger partial charge < -0.3 is 10.4 Å². The lowest BCUT2D eigenvalue weighted by atomic mass is 10.1. The Kier molecular flexibility index (Phi) is 7.23. The standard InChI is InChI=1S/C9H17NO/c1-3-5-6-7-9(11)8-10-4-2/h1,9-11H,4-8H2,2H3. The van der Waals surface area contributed by atoms with Crippen LogP contribution in [0.1, 0.15) is 26.2 Å². The molecule has 0 aliphatic carbocycles. The van der Waals surface area contributed by atoms with Crippen LogP contribution in [0.4, 0.5) is 0 Å². The number of unbranched alkanes of at least 4 members (excludes halogenated alkanes) is 1. The van der Waals surface area contributed by atoms with Gasteiger partial charge in [0, 0.05) is 13.0 Å². The minimum atomic E-state index is -0.233. The summed E-state index contributed by atoms with van der Waals surface area (Å²) in [5.41, 5.74) is 0. The smallest absolute Gasteiger partial charge is 0.0664 e. The number of aliphatic hydroxyl groups excluding tert-OH is 1. The molecule has 0 amide bonds. The first kappa shape index (κ1) is 10.5. The molecule has 2 N–H and O–H groups in total. The highest BCUT2D eigenvalue weighted by atomic mass is 16.3.